The van der Waals surface area contributed by atoms with Crippen LogP contribution in [0.4, 0.5) is 0 Å². The Bertz CT molecular complexity index is 1080. The number of hydrogen-bond donors (Lipinski definition) is 1. The van der Waals surface area contributed by atoms with Gasteiger partial charge in [0.2, 0.25) is 6.79 Å². The number of hydrogen-bond acceptors (Lipinski definition) is 6. The second-order valence-corrected chi connectivity index (χ2v) is 7.59. The molecule has 1 aromatic carbocycles. The number of benzene rings is 1. The van der Waals surface area contributed by atoms with E-state index >= 15 is 0 Å². The van der Waals surface area contributed by atoms with Crippen LogP contribution >= 0.6 is 0 Å². The van der Waals surface area contributed by atoms with Crippen LogP contribution in [-0.4, -0.2) is 38.9 Å². The van der Waals surface area contributed by atoms with Crippen LogP contribution in [0, 0.1) is 0 Å². The second-order valence-electron chi connectivity index (χ2n) is 7.59. The molecule has 8 heteroatoms. The summed E-state index contributed by atoms with van der Waals surface area (Å²) in [4.78, 5) is 19.3. The molecule has 0 atom stereocenters. The lowest BCUT2D eigenvalue weighted by Crippen LogP contribution is -2.32. The van der Waals surface area contributed by atoms with E-state index < -0.39 is 0 Å². The monoisotopic (exact) mass is 405 g/mol. The first-order valence-electron chi connectivity index (χ1n) is 10.00. The van der Waals surface area contributed by atoms with Crippen molar-refractivity contribution in [3.63, 3.8) is 0 Å². The Balaban J connectivity index is 1.30. The van der Waals surface area contributed by atoms with E-state index in [0.29, 0.717) is 18.8 Å². The third-order valence-corrected chi connectivity index (χ3v) is 5.56. The largest absolute Gasteiger partial charge is 0.454 e. The summed E-state index contributed by atoms with van der Waals surface area (Å²) in [5, 5.41) is 7.49. The van der Waals surface area contributed by atoms with Crippen LogP contribution in [0.2, 0.25) is 0 Å². The van der Waals surface area contributed by atoms with Crippen molar-refractivity contribution in [3.8, 4) is 11.5 Å². The first kappa shape index (κ1) is 18.6. The molecule has 0 saturated carbocycles. The minimum Gasteiger partial charge on any atom is -0.454 e. The second kappa shape index (κ2) is 7.79. The Kier molecular flexibility index (Phi) is 4.84. The predicted octanol–water partition coefficient (Wildman–Crippen LogP) is 2.03. The summed E-state index contributed by atoms with van der Waals surface area (Å²) in [5.74, 6) is 1.43. The van der Waals surface area contributed by atoms with E-state index in [1.807, 2.05) is 36.0 Å². The molecule has 0 bridgehead atoms. The summed E-state index contributed by atoms with van der Waals surface area (Å²) in [6.45, 7) is 3.09. The van der Waals surface area contributed by atoms with Gasteiger partial charge in [0.15, 0.2) is 17.2 Å². The van der Waals surface area contributed by atoms with E-state index in [9.17, 15) is 4.79 Å². The summed E-state index contributed by atoms with van der Waals surface area (Å²) < 4.78 is 12.7. The smallest absolute Gasteiger partial charge is 0.272 e. The van der Waals surface area contributed by atoms with Crippen LogP contribution in [0.1, 0.15) is 32.9 Å². The first-order chi connectivity index (χ1) is 14.7. The van der Waals surface area contributed by atoms with Gasteiger partial charge in [0, 0.05) is 63.3 Å². The molecule has 1 amide bonds. The first-order valence-corrected chi connectivity index (χ1v) is 10.00. The maximum absolute atomic E-state index is 12.8. The average Bonchev–Trinajstić information content (AvgIpc) is 3.37. The van der Waals surface area contributed by atoms with Crippen molar-refractivity contribution in [2.45, 2.75) is 26.1 Å². The van der Waals surface area contributed by atoms with Crippen molar-refractivity contribution in [2.75, 3.05) is 13.3 Å². The van der Waals surface area contributed by atoms with Gasteiger partial charge in [-0.25, -0.2) is 0 Å². The topological polar surface area (TPSA) is 81.5 Å². The summed E-state index contributed by atoms with van der Waals surface area (Å²) in [5.41, 5.74) is 4.76. The molecule has 0 unspecified atom stereocenters. The van der Waals surface area contributed by atoms with Gasteiger partial charge in [0.05, 0.1) is 0 Å². The van der Waals surface area contributed by atoms with Gasteiger partial charge in [-0.15, -0.1) is 0 Å². The number of pyridine rings is 1. The molecule has 0 fully saturated rings. The lowest BCUT2D eigenvalue weighted by Gasteiger charge is -2.27. The Morgan fingerprint density at radius 1 is 1.20 bits per heavy atom. The number of carbonyl (C=O) groups excluding carboxylic acids is 1. The number of fused-ring (bicyclic) bond motifs is 2. The van der Waals surface area contributed by atoms with Gasteiger partial charge < -0.3 is 14.8 Å². The molecule has 8 nitrogen and oxygen atoms in total. The Morgan fingerprint density at radius 2 is 2.10 bits per heavy atom. The molecule has 1 N–H and O–H groups in total. The zero-order valence-corrected chi connectivity index (χ0v) is 16.8. The van der Waals surface area contributed by atoms with E-state index in [-0.39, 0.29) is 12.7 Å². The fraction of sp³-hybridized carbons (Fsp3) is 0.318. The van der Waals surface area contributed by atoms with Gasteiger partial charge >= 0.3 is 0 Å². The average molecular weight is 405 g/mol. The molecule has 5 rings (SSSR count). The molecule has 0 saturated heterocycles. The lowest BCUT2D eigenvalue weighted by atomic mass is 10.0. The third-order valence-electron chi connectivity index (χ3n) is 5.56. The molecule has 4 heterocycles. The molecule has 0 aliphatic carbocycles. The van der Waals surface area contributed by atoms with Crippen LogP contribution in [-0.2, 0) is 33.1 Å². The van der Waals surface area contributed by atoms with Gasteiger partial charge in [0.1, 0.15) is 0 Å². The van der Waals surface area contributed by atoms with E-state index in [4.69, 9.17) is 9.47 Å². The standard InChI is InChI=1S/C22H23N5O3/c1-26-18-6-8-27(12-15-4-5-19-20(9-15)30-14-29-19)13-17(18)21(25-26)22(28)24-11-16-3-2-7-23-10-16/h2-5,7,9-10H,6,8,11-14H2,1H3,(H,24,28). The van der Waals surface area contributed by atoms with Gasteiger partial charge in [0.25, 0.3) is 5.91 Å². The summed E-state index contributed by atoms with van der Waals surface area (Å²) in [7, 11) is 1.91. The van der Waals surface area contributed by atoms with Gasteiger partial charge in [-0.2, -0.15) is 5.10 Å². The molecule has 0 radical (unpaired) electrons. The van der Waals surface area contributed by atoms with Crippen molar-refractivity contribution >= 4 is 5.91 Å². The number of nitrogens with one attached hydrogen (secondary N) is 1. The van der Waals surface area contributed by atoms with Gasteiger partial charge in [-0.05, 0) is 29.3 Å². The molecular formula is C22H23N5O3. The van der Waals surface area contributed by atoms with Crippen molar-refractivity contribution < 1.29 is 14.3 Å². The molecule has 2 aromatic heterocycles. The third kappa shape index (κ3) is 3.61. The minimum atomic E-state index is -0.152. The number of aryl methyl sites for hydroxylation is 1. The van der Waals surface area contributed by atoms with E-state index in [2.05, 4.69) is 26.4 Å². The number of amides is 1. The number of carbonyl (C=O) groups is 1. The van der Waals surface area contributed by atoms with Crippen molar-refractivity contribution in [3.05, 3.63) is 70.8 Å². The van der Waals surface area contributed by atoms with E-state index in [1.165, 1.54) is 0 Å². The fourth-order valence-electron chi connectivity index (χ4n) is 4.03. The maximum atomic E-state index is 12.8. The lowest BCUT2D eigenvalue weighted by molar-refractivity contribution is 0.0942. The molecule has 30 heavy (non-hydrogen) atoms. The Hall–Kier alpha value is -3.39. The minimum absolute atomic E-state index is 0.152. The van der Waals surface area contributed by atoms with E-state index in [1.54, 1.807) is 12.4 Å². The Morgan fingerprint density at radius 3 is 2.97 bits per heavy atom. The number of ether oxygens (including phenoxy) is 2. The van der Waals surface area contributed by atoms with Crippen LogP contribution < -0.4 is 14.8 Å². The molecule has 154 valence electrons. The normalized spacial score (nSPS) is 15.1. The molecule has 3 aromatic rings. The number of aromatic nitrogens is 3. The maximum Gasteiger partial charge on any atom is 0.272 e. The highest BCUT2D eigenvalue weighted by Gasteiger charge is 2.27. The van der Waals surface area contributed by atoms with Crippen molar-refractivity contribution in [1.82, 2.24) is 25.0 Å². The highest BCUT2D eigenvalue weighted by molar-refractivity contribution is 5.94. The zero-order chi connectivity index (χ0) is 20.5. The number of nitrogens with zero attached hydrogens (tertiary/aromatic N) is 4. The quantitative estimate of drug-likeness (QED) is 0.700. The van der Waals surface area contributed by atoms with E-state index in [0.717, 1.165) is 53.4 Å². The molecular weight excluding hydrogens is 382 g/mol. The highest BCUT2D eigenvalue weighted by atomic mass is 16.7. The molecule has 0 spiro atoms. The van der Waals surface area contributed by atoms with Gasteiger partial charge in [-0.1, -0.05) is 12.1 Å². The number of rotatable bonds is 5. The zero-order valence-electron chi connectivity index (χ0n) is 16.8. The van der Waals surface area contributed by atoms with Crippen LogP contribution in [0.15, 0.2) is 42.7 Å². The summed E-state index contributed by atoms with van der Waals surface area (Å²) >= 11 is 0. The SMILES string of the molecule is Cn1nc(C(=O)NCc2cccnc2)c2c1CCN(Cc1ccc3c(c1)OCO3)C2. The van der Waals surface area contributed by atoms with Crippen molar-refractivity contribution in [1.29, 1.82) is 0 Å². The van der Waals surface area contributed by atoms with Crippen LogP contribution in [0.5, 0.6) is 11.5 Å². The van der Waals surface area contributed by atoms with Gasteiger partial charge in [-0.3, -0.25) is 19.4 Å². The molecule has 2 aliphatic rings. The Labute approximate surface area is 174 Å². The highest BCUT2D eigenvalue weighted by Crippen LogP contribution is 2.33. The molecule has 2 aliphatic heterocycles. The fourth-order valence-corrected chi connectivity index (χ4v) is 4.03. The van der Waals surface area contributed by atoms with Crippen LogP contribution in [0.3, 0.4) is 0 Å². The van der Waals surface area contributed by atoms with Crippen LogP contribution in [0.25, 0.3) is 0 Å². The predicted molar refractivity (Wildman–Crippen MR) is 109 cm³/mol. The van der Waals surface area contributed by atoms with Crippen molar-refractivity contribution in [2.24, 2.45) is 7.05 Å². The summed E-state index contributed by atoms with van der Waals surface area (Å²) in [6.07, 6.45) is 4.33. The summed E-state index contributed by atoms with van der Waals surface area (Å²) in [6, 6.07) is 9.84.